The molecule has 3 atom stereocenters. The van der Waals surface area contributed by atoms with Gasteiger partial charge in [0.25, 0.3) is 10.1 Å². The molecule has 1 aliphatic heterocycles. The molecule has 1 saturated carbocycles. The Morgan fingerprint density at radius 3 is 2.37 bits per heavy atom. The van der Waals surface area contributed by atoms with Crippen molar-refractivity contribution in [3.05, 3.63) is 41.1 Å². The second-order valence-electron chi connectivity index (χ2n) is 8.48. The van der Waals surface area contributed by atoms with Crippen molar-refractivity contribution in [2.24, 2.45) is 4.99 Å². The van der Waals surface area contributed by atoms with Gasteiger partial charge in [-0.2, -0.15) is 8.42 Å². The number of rotatable bonds is 9. The van der Waals surface area contributed by atoms with Gasteiger partial charge in [-0.25, -0.2) is 4.98 Å². The van der Waals surface area contributed by atoms with Crippen LogP contribution in [0.2, 0.25) is 0 Å². The lowest BCUT2D eigenvalue weighted by molar-refractivity contribution is 0.140. The van der Waals surface area contributed by atoms with E-state index >= 15 is 0 Å². The summed E-state index contributed by atoms with van der Waals surface area (Å²) < 4.78 is 52.2. The first-order valence-electron chi connectivity index (χ1n) is 11.8. The van der Waals surface area contributed by atoms with Crippen LogP contribution in [0.3, 0.4) is 0 Å². The highest BCUT2D eigenvalue weighted by Crippen LogP contribution is 2.46. The Hall–Kier alpha value is -2.85. The summed E-state index contributed by atoms with van der Waals surface area (Å²) in [5, 5.41) is 0. The second kappa shape index (κ2) is 10.4. The van der Waals surface area contributed by atoms with Crippen molar-refractivity contribution in [1.82, 2.24) is 4.98 Å². The Bertz CT molecular complexity index is 1210. The summed E-state index contributed by atoms with van der Waals surface area (Å²) in [6, 6.07) is 5.60. The summed E-state index contributed by atoms with van der Waals surface area (Å²) >= 11 is 0. The van der Waals surface area contributed by atoms with Crippen LogP contribution < -0.4 is 18.9 Å². The van der Waals surface area contributed by atoms with E-state index < -0.39 is 10.1 Å². The lowest BCUT2D eigenvalue weighted by atomic mass is 9.74. The van der Waals surface area contributed by atoms with E-state index in [1.807, 2.05) is 19.1 Å². The molecule has 190 valence electrons. The zero-order valence-corrected chi connectivity index (χ0v) is 21.6. The highest BCUT2D eigenvalue weighted by Gasteiger charge is 2.39. The molecule has 1 aliphatic carbocycles. The van der Waals surface area contributed by atoms with E-state index in [1.165, 1.54) is 0 Å². The maximum Gasteiger partial charge on any atom is 0.267 e. The molecule has 0 unspecified atom stereocenters. The third kappa shape index (κ3) is 5.08. The first kappa shape index (κ1) is 25.2. The average molecular weight is 505 g/mol. The molecule has 1 aromatic heterocycles. The number of benzene rings is 1. The number of hydrogen-bond acceptors (Lipinski definition) is 9. The largest absolute Gasteiger partial charge is 0.496 e. The van der Waals surface area contributed by atoms with Crippen LogP contribution >= 0.6 is 0 Å². The molecule has 0 N–H and O–H groups in total. The molecule has 0 spiro atoms. The fourth-order valence-corrected chi connectivity index (χ4v) is 5.54. The minimum Gasteiger partial charge on any atom is -0.496 e. The number of methoxy groups -OCH3 is 3. The van der Waals surface area contributed by atoms with Gasteiger partial charge in [-0.05, 0) is 50.8 Å². The molecule has 0 bridgehead atoms. The van der Waals surface area contributed by atoms with Crippen molar-refractivity contribution in [3.63, 3.8) is 0 Å². The number of ether oxygens (including phenoxy) is 4. The van der Waals surface area contributed by atoms with E-state index in [4.69, 9.17) is 28.1 Å². The Labute approximate surface area is 206 Å². The Morgan fingerprint density at radius 1 is 0.943 bits per heavy atom. The maximum absolute atomic E-state index is 12.1. The molecule has 0 saturated heterocycles. The highest BCUT2D eigenvalue weighted by molar-refractivity contribution is 7.86. The summed E-state index contributed by atoms with van der Waals surface area (Å²) in [4.78, 5) is 9.52. The molecule has 2 aromatic rings. The second-order valence-corrected chi connectivity index (χ2v) is 10.4. The zero-order chi connectivity index (χ0) is 25.2. The van der Waals surface area contributed by atoms with Gasteiger partial charge in [-0.1, -0.05) is 0 Å². The van der Waals surface area contributed by atoms with E-state index in [9.17, 15) is 8.42 Å². The van der Waals surface area contributed by atoms with Crippen LogP contribution in [0.15, 0.2) is 29.4 Å². The third-order valence-corrected chi connectivity index (χ3v) is 7.78. The fourth-order valence-electron chi connectivity index (χ4n) is 4.81. The van der Waals surface area contributed by atoms with Crippen molar-refractivity contribution >= 4 is 15.8 Å². The summed E-state index contributed by atoms with van der Waals surface area (Å²) in [6.45, 7) is 3.99. The van der Waals surface area contributed by atoms with E-state index in [0.29, 0.717) is 49.0 Å². The van der Waals surface area contributed by atoms with Gasteiger partial charge < -0.3 is 18.9 Å². The van der Waals surface area contributed by atoms with Gasteiger partial charge >= 0.3 is 0 Å². The molecule has 0 amide bonds. The molecule has 9 nitrogen and oxygen atoms in total. The topological polar surface area (TPSA) is 106 Å². The maximum atomic E-state index is 12.1. The van der Waals surface area contributed by atoms with E-state index in [0.717, 1.165) is 22.4 Å². The number of aliphatic imine (C=N–C) groups is 1. The van der Waals surface area contributed by atoms with Gasteiger partial charge in [0, 0.05) is 23.7 Å². The predicted molar refractivity (Wildman–Crippen MR) is 132 cm³/mol. The highest BCUT2D eigenvalue weighted by atomic mass is 32.2. The first-order valence-corrected chi connectivity index (χ1v) is 13.3. The summed E-state index contributed by atoms with van der Waals surface area (Å²) in [5.41, 5.74) is 3.38. The van der Waals surface area contributed by atoms with E-state index in [1.54, 1.807) is 40.5 Å². The number of hydrogen-bond donors (Lipinski definition) is 0. The van der Waals surface area contributed by atoms with E-state index in [-0.39, 0.29) is 23.8 Å². The molecule has 0 radical (unpaired) electrons. The van der Waals surface area contributed by atoms with Crippen LogP contribution in [0.1, 0.15) is 55.7 Å². The van der Waals surface area contributed by atoms with Crippen LogP contribution in [-0.4, -0.2) is 64.9 Å². The molecule has 1 fully saturated rings. The fraction of sp³-hybridized carbons (Fsp3) is 0.520. The van der Waals surface area contributed by atoms with Crippen LogP contribution in [0.5, 0.6) is 23.1 Å². The summed E-state index contributed by atoms with van der Waals surface area (Å²) in [7, 11) is 1.20. The van der Waals surface area contributed by atoms with Crippen molar-refractivity contribution in [2.45, 2.75) is 51.2 Å². The molecule has 10 heteroatoms. The van der Waals surface area contributed by atoms with Crippen LogP contribution in [0.4, 0.5) is 0 Å². The lowest BCUT2D eigenvalue weighted by Gasteiger charge is -2.38. The lowest BCUT2D eigenvalue weighted by Crippen LogP contribution is -2.36. The minimum absolute atomic E-state index is 0.0260. The molecule has 2 heterocycles. The molecule has 1 aromatic carbocycles. The zero-order valence-electron chi connectivity index (χ0n) is 20.7. The SMILES string of the molecule is CCOc1cc2c(cc1OC)C(c1cnc(OC)cc1OC)=N[C@@H]1CC[C@@H](OS(=O)(=O)CC)C[C@H]21. The van der Waals surface area contributed by atoms with Crippen molar-refractivity contribution in [1.29, 1.82) is 0 Å². The normalized spacial score (nSPS) is 21.4. The number of aromatic nitrogens is 1. The van der Waals surface area contributed by atoms with Gasteiger partial charge in [0.2, 0.25) is 5.88 Å². The van der Waals surface area contributed by atoms with Gasteiger partial charge in [-0.3, -0.25) is 9.18 Å². The number of pyridine rings is 1. The standard InChI is InChI=1S/C25H32N2O7S/c1-6-33-23-11-16-17-10-15(34-35(28,29)7-2)8-9-20(17)27-25(18(16)12-22(23)31-4)19-14-26-24(32-5)13-21(19)30-3/h11-15,17,20H,6-10H2,1-5H3/t15-,17-,20-/m1/s1. The summed E-state index contributed by atoms with van der Waals surface area (Å²) in [5.74, 6) is 2.19. The third-order valence-electron chi connectivity index (χ3n) is 6.51. The number of nitrogens with zero attached hydrogens (tertiary/aromatic N) is 2. The molecule has 35 heavy (non-hydrogen) atoms. The minimum atomic E-state index is -3.55. The van der Waals surface area contributed by atoms with Crippen molar-refractivity contribution in [2.75, 3.05) is 33.7 Å². The van der Waals surface area contributed by atoms with E-state index in [2.05, 4.69) is 4.98 Å². The van der Waals surface area contributed by atoms with Crippen LogP contribution in [-0.2, 0) is 14.3 Å². The Morgan fingerprint density at radius 2 is 1.71 bits per heavy atom. The summed E-state index contributed by atoms with van der Waals surface area (Å²) in [6.07, 6.45) is 3.16. The Balaban J connectivity index is 1.83. The van der Waals surface area contributed by atoms with Crippen LogP contribution in [0, 0.1) is 0 Å². The predicted octanol–water partition coefficient (Wildman–Crippen LogP) is 3.73. The monoisotopic (exact) mass is 504 g/mol. The van der Waals surface area contributed by atoms with Gasteiger partial charge in [0.15, 0.2) is 11.5 Å². The number of fused-ring (bicyclic) bond motifs is 3. The average Bonchev–Trinajstić information content (AvgIpc) is 2.87. The molecular formula is C25H32N2O7S. The van der Waals surface area contributed by atoms with Crippen molar-refractivity contribution in [3.8, 4) is 23.1 Å². The van der Waals surface area contributed by atoms with Crippen LogP contribution in [0.25, 0.3) is 0 Å². The molecule has 2 aliphatic rings. The first-order chi connectivity index (χ1) is 16.8. The van der Waals surface area contributed by atoms with Gasteiger partial charge in [0.1, 0.15) is 5.75 Å². The molecule has 4 rings (SSSR count). The van der Waals surface area contributed by atoms with Gasteiger partial charge in [-0.15, -0.1) is 0 Å². The van der Waals surface area contributed by atoms with Gasteiger partial charge in [0.05, 0.1) is 57.1 Å². The van der Waals surface area contributed by atoms with Crippen molar-refractivity contribution < 1.29 is 31.5 Å². The Kier molecular flexibility index (Phi) is 7.51. The quantitative estimate of drug-likeness (QED) is 0.476. The smallest absolute Gasteiger partial charge is 0.267 e. The molecular weight excluding hydrogens is 472 g/mol.